The fourth-order valence-corrected chi connectivity index (χ4v) is 2.58. The number of piperidine rings is 1. The third kappa shape index (κ3) is 5.33. The first-order chi connectivity index (χ1) is 9.03. The standard InChI is InChI=1S/C17H28N2/c1-17(2,3)18-13-15-8-7-9-16(12-15)14-19-10-5-4-6-11-19/h7-9,12,18H,4-6,10-11,13-14H2,1-3H3. The molecule has 1 heterocycles. The lowest BCUT2D eigenvalue weighted by molar-refractivity contribution is 0.221. The van der Waals surface area contributed by atoms with Gasteiger partial charge in [-0.25, -0.2) is 0 Å². The molecule has 0 atom stereocenters. The minimum Gasteiger partial charge on any atom is -0.308 e. The second kappa shape index (κ2) is 6.53. The fourth-order valence-electron chi connectivity index (χ4n) is 2.58. The minimum atomic E-state index is 0.183. The zero-order valence-electron chi connectivity index (χ0n) is 12.7. The van der Waals surface area contributed by atoms with E-state index in [0.717, 1.165) is 13.1 Å². The van der Waals surface area contributed by atoms with E-state index in [1.807, 2.05) is 0 Å². The highest BCUT2D eigenvalue weighted by molar-refractivity contribution is 5.23. The van der Waals surface area contributed by atoms with Gasteiger partial charge in [-0.2, -0.15) is 0 Å². The van der Waals surface area contributed by atoms with Gasteiger partial charge in [-0.05, 0) is 57.8 Å². The molecule has 1 aliphatic heterocycles. The highest BCUT2D eigenvalue weighted by Crippen LogP contribution is 2.14. The van der Waals surface area contributed by atoms with Gasteiger partial charge in [0.2, 0.25) is 0 Å². The van der Waals surface area contributed by atoms with Crippen LogP contribution in [-0.2, 0) is 13.1 Å². The maximum atomic E-state index is 3.56. The van der Waals surface area contributed by atoms with Crippen molar-refractivity contribution in [2.75, 3.05) is 13.1 Å². The Bertz CT molecular complexity index is 386. The molecule has 0 saturated carbocycles. The van der Waals surface area contributed by atoms with Crippen LogP contribution in [0.3, 0.4) is 0 Å². The molecule has 0 unspecified atom stereocenters. The van der Waals surface area contributed by atoms with E-state index in [0.29, 0.717) is 0 Å². The highest BCUT2D eigenvalue weighted by Gasteiger charge is 2.11. The highest BCUT2D eigenvalue weighted by atomic mass is 15.1. The number of nitrogens with zero attached hydrogens (tertiary/aromatic N) is 1. The summed E-state index contributed by atoms with van der Waals surface area (Å²) in [6, 6.07) is 9.03. The molecular formula is C17H28N2. The first-order valence-electron chi connectivity index (χ1n) is 7.58. The molecule has 1 aromatic rings. The first kappa shape index (κ1) is 14.5. The Kier molecular flexibility index (Phi) is 5.00. The summed E-state index contributed by atoms with van der Waals surface area (Å²) in [6.45, 7) is 11.2. The van der Waals surface area contributed by atoms with Gasteiger partial charge in [0.15, 0.2) is 0 Å². The minimum absolute atomic E-state index is 0.183. The largest absolute Gasteiger partial charge is 0.308 e. The summed E-state index contributed by atoms with van der Waals surface area (Å²) < 4.78 is 0. The van der Waals surface area contributed by atoms with Crippen LogP contribution in [0, 0.1) is 0 Å². The molecule has 1 aromatic carbocycles. The van der Waals surface area contributed by atoms with Crippen LogP contribution in [0.25, 0.3) is 0 Å². The number of rotatable bonds is 4. The second-order valence-electron chi connectivity index (χ2n) is 6.76. The number of likely N-dealkylation sites (tertiary alicyclic amines) is 1. The second-order valence-corrected chi connectivity index (χ2v) is 6.76. The van der Waals surface area contributed by atoms with E-state index in [9.17, 15) is 0 Å². The number of benzene rings is 1. The van der Waals surface area contributed by atoms with Crippen molar-refractivity contribution in [2.24, 2.45) is 0 Å². The molecule has 19 heavy (non-hydrogen) atoms. The number of nitrogens with one attached hydrogen (secondary N) is 1. The monoisotopic (exact) mass is 260 g/mol. The summed E-state index contributed by atoms with van der Waals surface area (Å²) in [5.41, 5.74) is 3.03. The van der Waals surface area contributed by atoms with Crippen LogP contribution in [0.5, 0.6) is 0 Å². The Morgan fingerprint density at radius 2 is 1.74 bits per heavy atom. The topological polar surface area (TPSA) is 15.3 Å². The van der Waals surface area contributed by atoms with Crippen LogP contribution in [0.4, 0.5) is 0 Å². The van der Waals surface area contributed by atoms with Crippen molar-refractivity contribution in [3.63, 3.8) is 0 Å². The van der Waals surface area contributed by atoms with Crippen molar-refractivity contribution in [1.29, 1.82) is 0 Å². The molecular weight excluding hydrogens is 232 g/mol. The average Bonchev–Trinajstić information content (AvgIpc) is 2.37. The predicted molar refractivity (Wildman–Crippen MR) is 82.2 cm³/mol. The van der Waals surface area contributed by atoms with Crippen molar-refractivity contribution in [1.82, 2.24) is 10.2 Å². The number of hydrogen-bond donors (Lipinski definition) is 1. The molecule has 0 bridgehead atoms. The van der Waals surface area contributed by atoms with E-state index in [4.69, 9.17) is 0 Å². The van der Waals surface area contributed by atoms with Crippen LogP contribution in [0.15, 0.2) is 24.3 Å². The fraction of sp³-hybridized carbons (Fsp3) is 0.647. The number of hydrogen-bond acceptors (Lipinski definition) is 2. The molecule has 2 nitrogen and oxygen atoms in total. The van der Waals surface area contributed by atoms with Crippen molar-refractivity contribution in [3.8, 4) is 0 Å². The van der Waals surface area contributed by atoms with Crippen LogP contribution >= 0.6 is 0 Å². The lowest BCUT2D eigenvalue weighted by Gasteiger charge is -2.26. The van der Waals surface area contributed by atoms with Gasteiger partial charge in [0.1, 0.15) is 0 Å². The van der Waals surface area contributed by atoms with Gasteiger partial charge in [-0.1, -0.05) is 30.7 Å². The van der Waals surface area contributed by atoms with E-state index in [2.05, 4.69) is 55.3 Å². The molecule has 1 N–H and O–H groups in total. The van der Waals surface area contributed by atoms with Crippen molar-refractivity contribution in [3.05, 3.63) is 35.4 Å². The Morgan fingerprint density at radius 3 is 2.42 bits per heavy atom. The third-order valence-electron chi connectivity index (χ3n) is 3.67. The van der Waals surface area contributed by atoms with E-state index >= 15 is 0 Å². The first-order valence-corrected chi connectivity index (χ1v) is 7.58. The van der Waals surface area contributed by atoms with Gasteiger partial charge in [0.05, 0.1) is 0 Å². The Hall–Kier alpha value is -0.860. The molecule has 0 aromatic heterocycles. The normalized spacial score (nSPS) is 17.6. The molecule has 1 fully saturated rings. The van der Waals surface area contributed by atoms with Gasteiger partial charge in [0.25, 0.3) is 0 Å². The Balaban J connectivity index is 1.90. The van der Waals surface area contributed by atoms with E-state index in [1.54, 1.807) is 0 Å². The smallest absolute Gasteiger partial charge is 0.0233 e. The van der Waals surface area contributed by atoms with Crippen LogP contribution in [0.2, 0.25) is 0 Å². The van der Waals surface area contributed by atoms with E-state index < -0.39 is 0 Å². The van der Waals surface area contributed by atoms with Gasteiger partial charge in [-0.3, -0.25) is 4.90 Å². The van der Waals surface area contributed by atoms with Crippen LogP contribution in [-0.4, -0.2) is 23.5 Å². The predicted octanol–water partition coefficient (Wildman–Crippen LogP) is 3.56. The summed E-state index contributed by atoms with van der Waals surface area (Å²) in [7, 11) is 0. The quantitative estimate of drug-likeness (QED) is 0.890. The molecule has 2 heteroatoms. The van der Waals surface area contributed by atoms with Crippen LogP contribution < -0.4 is 5.32 Å². The van der Waals surface area contributed by atoms with Gasteiger partial charge in [-0.15, -0.1) is 0 Å². The summed E-state index contributed by atoms with van der Waals surface area (Å²) >= 11 is 0. The Labute approximate surface area is 118 Å². The van der Waals surface area contributed by atoms with Gasteiger partial charge >= 0.3 is 0 Å². The SMILES string of the molecule is CC(C)(C)NCc1cccc(CN2CCCCC2)c1. The summed E-state index contributed by atoms with van der Waals surface area (Å²) in [6.07, 6.45) is 4.14. The van der Waals surface area contributed by atoms with Gasteiger partial charge in [0, 0.05) is 18.6 Å². The molecule has 1 saturated heterocycles. The lowest BCUT2D eigenvalue weighted by atomic mass is 10.1. The molecule has 0 amide bonds. The average molecular weight is 260 g/mol. The molecule has 1 aliphatic rings. The van der Waals surface area contributed by atoms with Crippen molar-refractivity contribution < 1.29 is 0 Å². The van der Waals surface area contributed by atoms with E-state index in [-0.39, 0.29) is 5.54 Å². The molecule has 106 valence electrons. The maximum Gasteiger partial charge on any atom is 0.0233 e. The summed E-state index contributed by atoms with van der Waals surface area (Å²) in [4.78, 5) is 2.58. The van der Waals surface area contributed by atoms with E-state index in [1.165, 1.54) is 43.5 Å². The van der Waals surface area contributed by atoms with Gasteiger partial charge < -0.3 is 5.32 Å². The summed E-state index contributed by atoms with van der Waals surface area (Å²) in [5.74, 6) is 0. The Morgan fingerprint density at radius 1 is 1.05 bits per heavy atom. The molecule has 2 rings (SSSR count). The van der Waals surface area contributed by atoms with Crippen molar-refractivity contribution >= 4 is 0 Å². The zero-order valence-corrected chi connectivity index (χ0v) is 12.7. The maximum absolute atomic E-state index is 3.56. The zero-order chi connectivity index (χ0) is 13.7. The molecule has 0 radical (unpaired) electrons. The third-order valence-corrected chi connectivity index (χ3v) is 3.67. The molecule has 0 aliphatic carbocycles. The summed E-state index contributed by atoms with van der Waals surface area (Å²) in [5, 5.41) is 3.56. The lowest BCUT2D eigenvalue weighted by Crippen LogP contribution is -2.35. The molecule has 0 spiro atoms. The van der Waals surface area contributed by atoms with Crippen LogP contribution in [0.1, 0.15) is 51.2 Å². The van der Waals surface area contributed by atoms with Crippen molar-refractivity contribution in [2.45, 2.75) is 58.7 Å².